The highest BCUT2D eigenvalue weighted by Crippen LogP contribution is 2.24. The van der Waals surface area contributed by atoms with Gasteiger partial charge in [0.15, 0.2) is 0 Å². The van der Waals surface area contributed by atoms with Crippen molar-refractivity contribution in [3.05, 3.63) is 21.9 Å². The molecule has 1 aliphatic heterocycles. The molecule has 0 spiro atoms. The molecule has 0 aromatic carbocycles. The zero-order valence-electron chi connectivity index (χ0n) is 10.6. The van der Waals surface area contributed by atoms with Crippen molar-refractivity contribution in [2.75, 3.05) is 13.1 Å². The number of rotatable bonds is 3. The Kier molecular flexibility index (Phi) is 4.40. The van der Waals surface area contributed by atoms with Crippen LogP contribution in [0.25, 0.3) is 0 Å². The first-order chi connectivity index (χ1) is 8.72. The van der Waals surface area contributed by atoms with Gasteiger partial charge in [-0.1, -0.05) is 25.2 Å². The SMILES string of the molecule is CCC1CC(=O)N(Cc2cc(C#CCN)cs2)C1. The highest BCUT2D eigenvalue weighted by atomic mass is 32.1. The van der Waals surface area contributed by atoms with Crippen LogP contribution in [-0.2, 0) is 11.3 Å². The van der Waals surface area contributed by atoms with Gasteiger partial charge in [0.2, 0.25) is 5.91 Å². The Balaban J connectivity index is 1.97. The van der Waals surface area contributed by atoms with Crippen molar-refractivity contribution in [2.45, 2.75) is 26.3 Å². The zero-order chi connectivity index (χ0) is 13.0. The normalized spacial score (nSPS) is 18.9. The highest BCUT2D eigenvalue weighted by molar-refractivity contribution is 7.10. The molecule has 1 fully saturated rings. The standard InChI is InChI=1S/C14H18N2OS/c1-2-11-7-14(17)16(8-11)9-13-6-12(10-18-13)4-3-5-15/h6,10-11H,2,5,7-9,15H2,1H3. The molecule has 1 aromatic heterocycles. The lowest BCUT2D eigenvalue weighted by atomic mass is 10.1. The van der Waals surface area contributed by atoms with Gasteiger partial charge in [-0.15, -0.1) is 11.3 Å². The van der Waals surface area contributed by atoms with Crippen molar-refractivity contribution in [3.8, 4) is 11.8 Å². The number of nitrogens with zero attached hydrogens (tertiary/aromatic N) is 1. The van der Waals surface area contributed by atoms with E-state index in [0.29, 0.717) is 18.9 Å². The lowest BCUT2D eigenvalue weighted by Gasteiger charge is -2.14. The minimum atomic E-state index is 0.282. The topological polar surface area (TPSA) is 46.3 Å². The first-order valence-electron chi connectivity index (χ1n) is 6.27. The number of hydrogen-bond donors (Lipinski definition) is 1. The summed E-state index contributed by atoms with van der Waals surface area (Å²) in [6.45, 7) is 4.16. The Morgan fingerprint density at radius 1 is 1.61 bits per heavy atom. The van der Waals surface area contributed by atoms with Crippen LogP contribution in [0.5, 0.6) is 0 Å². The Morgan fingerprint density at radius 2 is 2.44 bits per heavy atom. The van der Waals surface area contributed by atoms with Crippen LogP contribution < -0.4 is 5.73 Å². The fourth-order valence-electron chi connectivity index (χ4n) is 2.15. The van der Waals surface area contributed by atoms with Crippen molar-refractivity contribution in [1.29, 1.82) is 0 Å². The van der Waals surface area contributed by atoms with Crippen LogP contribution in [-0.4, -0.2) is 23.9 Å². The van der Waals surface area contributed by atoms with Gasteiger partial charge in [-0.2, -0.15) is 0 Å². The smallest absolute Gasteiger partial charge is 0.223 e. The van der Waals surface area contributed by atoms with Crippen LogP contribution in [0.4, 0.5) is 0 Å². The predicted octanol–water partition coefficient (Wildman–Crippen LogP) is 1.82. The first kappa shape index (κ1) is 13.1. The Morgan fingerprint density at radius 3 is 3.11 bits per heavy atom. The van der Waals surface area contributed by atoms with E-state index in [1.165, 1.54) is 4.88 Å². The molecular weight excluding hydrogens is 244 g/mol. The molecule has 2 rings (SSSR count). The van der Waals surface area contributed by atoms with Crippen LogP contribution in [0.3, 0.4) is 0 Å². The van der Waals surface area contributed by atoms with Crippen LogP contribution >= 0.6 is 11.3 Å². The van der Waals surface area contributed by atoms with E-state index < -0.39 is 0 Å². The third-order valence-electron chi connectivity index (χ3n) is 3.21. The number of carbonyl (C=O) groups excluding carboxylic acids is 1. The molecule has 2 heterocycles. The molecule has 2 N–H and O–H groups in total. The largest absolute Gasteiger partial charge is 0.337 e. The Labute approximate surface area is 112 Å². The van der Waals surface area contributed by atoms with Crippen molar-refractivity contribution < 1.29 is 4.79 Å². The molecule has 18 heavy (non-hydrogen) atoms. The van der Waals surface area contributed by atoms with Gasteiger partial charge < -0.3 is 10.6 Å². The summed E-state index contributed by atoms with van der Waals surface area (Å²) in [5, 5.41) is 2.02. The molecule has 96 valence electrons. The minimum absolute atomic E-state index is 0.282. The van der Waals surface area contributed by atoms with Gasteiger partial charge in [-0.25, -0.2) is 0 Å². The van der Waals surface area contributed by atoms with Crippen molar-refractivity contribution in [2.24, 2.45) is 11.7 Å². The number of likely N-dealkylation sites (tertiary alicyclic amines) is 1. The number of hydrogen-bond acceptors (Lipinski definition) is 3. The summed E-state index contributed by atoms with van der Waals surface area (Å²) < 4.78 is 0. The molecule has 1 saturated heterocycles. The van der Waals surface area contributed by atoms with Crippen LogP contribution in [0, 0.1) is 17.8 Å². The van der Waals surface area contributed by atoms with E-state index in [2.05, 4.69) is 24.8 Å². The monoisotopic (exact) mass is 262 g/mol. The van der Waals surface area contributed by atoms with Gasteiger partial charge in [0.1, 0.15) is 0 Å². The molecule has 3 nitrogen and oxygen atoms in total. The molecule has 1 unspecified atom stereocenters. The number of nitrogens with two attached hydrogens (primary N) is 1. The second-order valence-electron chi connectivity index (χ2n) is 4.56. The lowest BCUT2D eigenvalue weighted by Crippen LogP contribution is -2.24. The summed E-state index contributed by atoms with van der Waals surface area (Å²) in [6, 6.07) is 2.06. The van der Waals surface area contributed by atoms with E-state index in [4.69, 9.17) is 5.73 Å². The van der Waals surface area contributed by atoms with Gasteiger partial charge in [0.25, 0.3) is 0 Å². The van der Waals surface area contributed by atoms with Crippen LogP contribution in [0.2, 0.25) is 0 Å². The second-order valence-corrected chi connectivity index (χ2v) is 5.56. The zero-order valence-corrected chi connectivity index (χ0v) is 11.4. The molecule has 1 aromatic rings. The fraction of sp³-hybridized carbons (Fsp3) is 0.500. The molecule has 1 atom stereocenters. The molecule has 1 aliphatic rings. The number of carbonyl (C=O) groups is 1. The third kappa shape index (κ3) is 3.12. The second kappa shape index (κ2) is 6.03. The maximum Gasteiger partial charge on any atom is 0.223 e. The average Bonchev–Trinajstić information content (AvgIpc) is 2.95. The van der Waals surface area contributed by atoms with Gasteiger partial charge >= 0.3 is 0 Å². The van der Waals surface area contributed by atoms with Crippen molar-refractivity contribution in [3.63, 3.8) is 0 Å². The van der Waals surface area contributed by atoms with E-state index in [-0.39, 0.29) is 5.91 Å². The molecule has 0 aliphatic carbocycles. The fourth-order valence-corrected chi connectivity index (χ4v) is 2.98. The van der Waals surface area contributed by atoms with E-state index in [1.54, 1.807) is 11.3 Å². The number of amides is 1. The Bertz CT molecular complexity index is 483. The quantitative estimate of drug-likeness (QED) is 0.845. The van der Waals surface area contributed by atoms with Gasteiger partial charge in [-0.3, -0.25) is 4.79 Å². The Hall–Kier alpha value is -1.31. The maximum absolute atomic E-state index is 11.8. The van der Waals surface area contributed by atoms with E-state index in [1.807, 2.05) is 10.3 Å². The van der Waals surface area contributed by atoms with Crippen molar-refractivity contribution in [1.82, 2.24) is 4.90 Å². The molecule has 0 bridgehead atoms. The molecule has 0 radical (unpaired) electrons. The maximum atomic E-state index is 11.8. The van der Waals surface area contributed by atoms with Crippen LogP contribution in [0.15, 0.2) is 11.4 Å². The van der Waals surface area contributed by atoms with Gasteiger partial charge in [-0.05, 0) is 12.0 Å². The summed E-state index contributed by atoms with van der Waals surface area (Å²) >= 11 is 1.66. The highest BCUT2D eigenvalue weighted by Gasteiger charge is 2.28. The number of thiophene rings is 1. The van der Waals surface area contributed by atoms with Crippen LogP contribution in [0.1, 0.15) is 30.2 Å². The molecular formula is C14H18N2OS. The average molecular weight is 262 g/mol. The molecule has 1 amide bonds. The minimum Gasteiger partial charge on any atom is -0.337 e. The molecule has 4 heteroatoms. The first-order valence-corrected chi connectivity index (χ1v) is 7.15. The van der Waals surface area contributed by atoms with Crippen molar-refractivity contribution >= 4 is 17.2 Å². The van der Waals surface area contributed by atoms with Gasteiger partial charge in [0.05, 0.1) is 13.1 Å². The summed E-state index contributed by atoms with van der Waals surface area (Å²) in [6.07, 6.45) is 1.79. The summed E-state index contributed by atoms with van der Waals surface area (Å²) in [5.41, 5.74) is 6.34. The third-order valence-corrected chi connectivity index (χ3v) is 4.13. The lowest BCUT2D eigenvalue weighted by molar-refractivity contribution is -0.128. The van der Waals surface area contributed by atoms with E-state index in [9.17, 15) is 4.79 Å². The predicted molar refractivity (Wildman–Crippen MR) is 74.1 cm³/mol. The molecule has 0 saturated carbocycles. The summed E-state index contributed by atoms with van der Waals surface area (Å²) in [4.78, 5) is 15.0. The van der Waals surface area contributed by atoms with E-state index >= 15 is 0 Å². The van der Waals surface area contributed by atoms with Gasteiger partial charge in [0, 0.05) is 28.8 Å². The van der Waals surface area contributed by atoms with E-state index in [0.717, 1.165) is 25.1 Å². The summed E-state index contributed by atoms with van der Waals surface area (Å²) in [5.74, 6) is 6.67. The summed E-state index contributed by atoms with van der Waals surface area (Å²) in [7, 11) is 0.